The van der Waals surface area contributed by atoms with E-state index in [1.807, 2.05) is 45.0 Å². The van der Waals surface area contributed by atoms with Gasteiger partial charge in [0.1, 0.15) is 0 Å². The second kappa shape index (κ2) is 10.1. The molecule has 0 bridgehead atoms. The SMILES string of the molecule is CCNC(=NCc1cccc(Cl)c1)NCCC(=O)OC(C)C. The van der Waals surface area contributed by atoms with Crippen molar-refractivity contribution in [1.29, 1.82) is 0 Å². The number of nitrogens with zero attached hydrogens (tertiary/aromatic N) is 1. The Kier molecular flexibility index (Phi) is 8.36. The molecule has 0 aliphatic rings. The minimum absolute atomic E-state index is 0.0859. The third-order valence-corrected chi connectivity index (χ3v) is 2.88. The van der Waals surface area contributed by atoms with Crippen LogP contribution in [0.1, 0.15) is 32.8 Å². The molecule has 0 amide bonds. The molecule has 1 aromatic carbocycles. The van der Waals surface area contributed by atoms with Gasteiger partial charge in [0.15, 0.2) is 5.96 Å². The highest BCUT2D eigenvalue weighted by Crippen LogP contribution is 2.11. The number of ether oxygens (including phenoxy) is 1. The van der Waals surface area contributed by atoms with Gasteiger partial charge in [-0.3, -0.25) is 4.79 Å². The first kappa shape index (κ1) is 18.3. The van der Waals surface area contributed by atoms with Crippen LogP contribution in [0.25, 0.3) is 0 Å². The molecule has 22 heavy (non-hydrogen) atoms. The van der Waals surface area contributed by atoms with Crippen LogP contribution in [-0.2, 0) is 16.1 Å². The average Bonchev–Trinajstić information content (AvgIpc) is 2.44. The number of benzene rings is 1. The van der Waals surface area contributed by atoms with Crippen molar-refractivity contribution in [3.63, 3.8) is 0 Å². The summed E-state index contributed by atoms with van der Waals surface area (Å²) >= 11 is 5.95. The van der Waals surface area contributed by atoms with Crippen LogP contribution < -0.4 is 10.6 Å². The molecule has 122 valence electrons. The first-order valence-corrected chi connectivity index (χ1v) is 7.85. The van der Waals surface area contributed by atoms with Gasteiger partial charge in [0.05, 0.1) is 19.1 Å². The summed E-state index contributed by atoms with van der Waals surface area (Å²) in [4.78, 5) is 15.9. The lowest BCUT2D eigenvalue weighted by Gasteiger charge is -2.12. The second-order valence-electron chi connectivity index (χ2n) is 5.04. The number of aliphatic imine (C=N–C) groups is 1. The fourth-order valence-corrected chi connectivity index (χ4v) is 1.97. The maximum absolute atomic E-state index is 11.5. The third-order valence-electron chi connectivity index (χ3n) is 2.64. The summed E-state index contributed by atoms with van der Waals surface area (Å²) in [6.45, 7) is 7.41. The summed E-state index contributed by atoms with van der Waals surface area (Å²) in [7, 11) is 0. The van der Waals surface area contributed by atoms with E-state index >= 15 is 0 Å². The summed E-state index contributed by atoms with van der Waals surface area (Å²) in [6.07, 6.45) is 0.219. The maximum Gasteiger partial charge on any atom is 0.307 e. The molecule has 0 unspecified atom stereocenters. The van der Waals surface area contributed by atoms with E-state index in [2.05, 4.69) is 15.6 Å². The van der Waals surface area contributed by atoms with E-state index in [9.17, 15) is 4.79 Å². The molecule has 2 N–H and O–H groups in total. The average molecular weight is 326 g/mol. The maximum atomic E-state index is 11.5. The van der Waals surface area contributed by atoms with E-state index in [4.69, 9.17) is 16.3 Å². The molecule has 0 spiro atoms. The predicted molar refractivity (Wildman–Crippen MR) is 90.1 cm³/mol. The van der Waals surface area contributed by atoms with E-state index in [1.54, 1.807) is 0 Å². The van der Waals surface area contributed by atoms with Gasteiger partial charge in [-0.05, 0) is 38.5 Å². The molecule has 0 radical (unpaired) electrons. The Balaban J connectivity index is 2.47. The Hall–Kier alpha value is -1.75. The fourth-order valence-electron chi connectivity index (χ4n) is 1.75. The van der Waals surface area contributed by atoms with Gasteiger partial charge in [0, 0.05) is 18.1 Å². The van der Waals surface area contributed by atoms with Crippen LogP contribution in [0.3, 0.4) is 0 Å². The normalized spacial score (nSPS) is 11.4. The number of rotatable bonds is 7. The Morgan fingerprint density at radius 3 is 2.77 bits per heavy atom. The van der Waals surface area contributed by atoms with Gasteiger partial charge in [-0.25, -0.2) is 4.99 Å². The largest absolute Gasteiger partial charge is 0.463 e. The highest BCUT2D eigenvalue weighted by Gasteiger charge is 2.05. The zero-order valence-electron chi connectivity index (χ0n) is 13.4. The summed E-state index contributed by atoms with van der Waals surface area (Å²) in [6, 6.07) is 7.58. The lowest BCUT2D eigenvalue weighted by molar-refractivity contribution is -0.147. The molecule has 0 heterocycles. The van der Waals surface area contributed by atoms with E-state index in [0.29, 0.717) is 30.5 Å². The van der Waals surface area contributed by atoms with Gasteiger partial charge >= 0.3 is 5.97 Å². The minimum Gasteiger partial charge on any atom is -0.463 e. The Morgan fingerprint density at radius 2 is 2.14 bits per heavy atom. The van der Waals surface area contributed by atoms with E-state index in [1.165, 1.54) is 0 Å². The fraction of sp³-hybridized carbons (Fsp3) is 0.500. The van der Waals surface area contributed by atoms with Crippen molar-refractivity contribution in [2.24, 2.45) is 4.99 Å². The predicted octanol–water partition coefficient (Wildman–Crippen LogP) is 2.74. The smallest absolute Gasteiger partial charge is 0.307 e. The van der Waals surface area contributed by atoms with E-state index < -0.39 is 0 Å². The second-order valence-corrected chi connectivity index (χ2v) is 5.48. The summed E-state index contributed by atoms with van der Waals surface area (Å²) < 4.78 is 5.08. The van der Waals surface area contributed by atoms with Gasteiger partial charge in [0.25, 0.3) is 0 Å². The number of esters is 1. The van der Waals surface area contributed by atoms with Crippen LogP contribution in [0, 0.1) is 0 Å². The van der Waals surface area contributed by atoms with Gasteiger partial charge in [-0.1, -0.05) is 23.7 Å². The number of guanidine groups is 1. The molecule has 0 saturated heterocycles. The zero-order chi connectivity index (χ0) is 16.4. The molecular formula is C16H24ClN3O2. The summed E-state index contributed by atoms with van der Waals surface area (Å²) in [5, 5.41) is 6.95. The number of hydrogen-bond acceptors (Lipinski definition) is 3. The molecule has 0 aromatic heterocycles. The summed E-state index contributed by atoms with van der Waals surface area (Å²) in [5.41, 5.74) is 1.03. The quantitative estimate of drug-likeness (QED) is 0.460. The molecule has 0 saturated carbocycles. The standard InChI is InChI=1S/C16H24ClN3O2/c1-4-18-16(19-9-8-15(21)22-12(2)3)20-11-13-6-5-7-14(17)10-13/h5-7,10,12H,4,8-9,11H2,1-3H3,(H2,18,19,20). The molecule has 0 atom stereocenters. The molecule has 1 rings (SSSR count). The van der Waals surface area contributed by atoms with Gasteiger partial charge in [-0.15, -0.1) is 0 Å². The van der Waals surface area contributed by atoms with Crippen LogP contribution in [0.4, 0.5) is 0 Å². The van der Waals surface area contributed by atoms with Crippen molar-refractivity contribution in [2.45, 2.75) is 39.8 Å². The van der Waals surface area contributed by atoms with Gasteiger partial charge < -0.3 is 15.4 Å². The van der Waals surface area contributed by atoms with Crippen molar-refractivity contribution in [2.75, 3.05) is 13.1 Å². The van der Waals surface area contributed by atoms with Crippen molar-refractivity contribution < 1.29 is 9.53 Å². The molecule has 1 aromatic rings. The summed E-state index contributed by atoms with van der Waals surface area (Å²) in [5.74, 6) is 0.452. The molecule has 0 fully saturated rings. The number of nitrogens with one attached hydrogen (secondary N) is 2. The Morgan fingerprint density at radius 1 is 1.36 bits per heavy atom. The van der Waals surface area contributed by atoms with E-state index in [0.717, 1.165) is 12.1 Å². The molecular weight excluding hydrogens is 302 g/mol. The van der Waals surface area contributed by atoms with Crippen molar-refractivity contribution in [3.8, 4) is 0 Å². The van der Waals surface area contributed by atoms with Crippen LogP contribution in [-0.4, -0.2) is 31.1 Å². The number of hydrogen-bond donors (Lipinski definition) is 2. The highest BCUT2D eigenvalue weighted by atomic mass is 35.5. The Bertz CT molecular complexity index is 504. The van der Waals surface area contributed by atoms with Crippen LogP contribution in [0.5, 0.6) is 0 Å². The monoisotopic (exact) mass is 325 g/mol. The highest BCUT2D eigenvalue weighted by molar-refractivity contribution is 6.30. The molecule has 6 heteroatoms. The third kappa shape index (κ3) is 7.88. The Labute approximate surface area is 137 Å². The molecule has 5 nitrogen and oxygen atoms in total. The van der Waals surface area contributed by atoms with Crippen LogP contribution in [0.2, 0.25) is 5.02 Å². The minimum atomic E-state index is -0.215. The van der Waals surface area contributed by atoms with Crippen LogP contribution >= 0.6 is 11.6 Å². The van der Waals surface area contributed by atoms with Crippen molar-refractivity contribution in [1.82, 2.24) is 10.6 Å². The zero-order valence-corrected chi connectivity index (χ0v) is 14.1. The number of halogens is 1. The molecule has 0 aliphatic carbocycles. The lowest BCUT2D eigenvalue weighted by Crippen LogP contribution is -2.38. The first-order valence-electron chi connectivity index (χ1n) is 7.47. The first-order chi connectivity index (χ1) is 10.5. The topological polar surface area (TPSA) is 62.7 Å². The van der Waals surface area contributed by atoms with Crippen molar-refractivity contribution >= 4 is 23.5 Å². The van der Waals surface area contributed by atoms with Crippen LogP contribution in [0.15, 0.2) is 29.3 Å². The lowest BCUT2D eigenvalue weighted by atomic mass is 10.2. The van der Waals surface area contributed by atoms with Gasteiger partial charge in [-0.2, -0.15) is 0 Å². The van der Waals surface area contributed by atoms with Crippen molar-refractivity contribution in [3.05, 3.63) is 34.9 Å². The number of carbonyl (C=O) groups is 1. The van der Waals surface area contributed by atoms with Gasteiger partial charge in [0.2, 0.25) is 0 Å². The van der Waals surface area contributed by atoms with E-state index in [-0.39, 0.29) is 12.1 Å². The number of carbonyl (C=O) groups excluding carboxylic acids is 1. The molecule has 0 aliphatic heterocycles.